The predicted octanol–water partition coefficient (Wildman–Crippen LogP) is 1.29. The fourth-order valence-corrected chi connectivity index (χ4v) is 2.07. The van der Waals surface area contributed by atoms with Crippen molar-refractivity contribution in [3.05, 3.63) is 35.9 Å². The van der Waals surface area contributed by atoms with Gasteiger partial charge in [0.25, 0.3) is 0 Å². The van der Waals surface area contributed by atoms with Gasteiger partial charge < -0.3 is 10.8 Å². The summed E-state index contributed by atoms with van der Waals surface area (Å²) in [6.07, 6.45) is 0.466. The maximum absolute atomic E-state index is 11.6. The van der Waals surface area contributed by atoms with Crippen LogP contribution in [0.3, 0.4) is 0 Å². The first-order chi connectivity index (χ1) is 8.09. The van der Waals surface area contributed by atoms with Crippen LogP contribution in [0, 0.1) is 0 Å². The monoisotopic (exact) mass is 253 g/mol. The highest BCUT2D eigenvalue weighted by atomic mass is 32.2. The Morgan fingerprint density at radius 3 is 2.53 bits per heavy atom. The number of hydrogen-bond donors (Lipinski definition) is 2. The molecule has 1 atom stereocenters. The molecule has 0 fully saturated rings. The lowest BCUT2D eigenvalue weighted by atomic mass is 10.1. The van der Waals surface area contributed by atoms with Crippen LogP contribution in [0.2, 0.25) is 0 Å². The Morgan fingerprint density at radius 2 is 1.94 bits per heavy atom. The number of carboxylic acid groups (broad SMARTS) is 1. The Morgan fingerprint density at radius 1 is 1.29 bits per heavy atom. The predicted molar refractivity (Wildman–Crippen MR) is 67.8 cm³/mol. The molecule has 0 aromatic heterocycles. The second-order valence-corrected chi connectivity index (χ2v) is 4.71. The summed E-state index contributed by atoms with van der Waals surface area (Å²) in [7, 11) is 0. The Labute approximate surface area is 104 Å². The fraction of sp³-hybridized carbons (Fsp3) is 0.333. The summed E-state index contributed by atoms with van der Waals surface area (Å²) in [4.78, 5) is 21.9. The van der Waals surface area contributed by atoms with Gasteiger partial charge in [-0.05, 0) is 12.0 Å². The van der Waals surface area contributed by atoms with Gasteiger partial charge in [-0.25, -0.2) is 0 Å². The Balaban J connectivity index is 2.34. The minimum Gasteiger partial charge on any atom is -0.481 e. The zero-order valence-electron chi connectivity index (χ0n) is 9.33. The van der Waals surface area contributed by atoms with E-state index < -0.39 is 12.0 Å². The van der Waals surface area contributed by atoms with Gasteiger partial charge in [0.1, 0.15) is 0 Å². The number of carbonyl (C=O) groups is 2. The van der Waals surface area contributed by atoms with Gasteiger partial charge in [-0.15, -0.1) is 0 Å². The molecule has 0 aliphatic heterocycles. The number of thioether (sulfide) groups is 1. The van der Waals surface area contributed by atoms with E-state index in [1.807, 2.05) is 30.3 Å². The van der Waals surface area contributed by atoms with Crippen LogP contribution < -0.4 is 5.73 Å². The highest BCUT2D eigenvalue weighted by Crippen LogP contribution is 2.10. The standard InChI is InChI=1S/C12H15NO3S/c13-10(8-9-4-2-1-3-5-9)12(16)17-7-6-11(14)15/h1-5,10H,6-8,13H2,(H,14,15)/t10-/m0/s1. The summed E-state index contributed by atoms with van der Waals surface area (Å²) in [5.74, 6) is -0.627. The van der Waals surface area contributed by atoms with Crippen molar-refractivity contribution in [2.45, 2.75) is 18.9 Å². The Bertz CT molecular complexity index is 381. The topological polar surface area (TPSA) is 80.4 Å². The van der Waals surface area contributed by atoms with Crippen LogP contribution in [0.15, 0.2) is 30.3 Å². The van der Waals surface area contributed by atoms with Crippen LogP contribution >= 0.6 is 11.8 Å². The highest BCUT2D eigenvalue weighted by molar-refractivity contribution is 8.13. The molecule has 0 saturated carbocycles. The zero-order valence-corrected chi connectivity index (χ0v) is 10.2. The third-order valence-electron chi connectivity index (χ3n) is 2.16. The molecule has 4 nitrogen and oxygen atoms in total. The van der Waals surface area contributed by atoms with E-state index >= 15 is 0 Å². The van der Waals surface area contributed by atoms with E-state index in [4.69, 9.17) is 10.8 Å². The lowest BCUT2D eigenvalue weighted by molar-refractivity contribution is -0.136. The Hall–Kier alpha value is -1.33. The van der Waals surface area contributed by atoms with E-state index in [-0.39, 0.29) is 17.3 Å². The number of rotatable bonds is 6. The van der Waals surface area contributed by atoms with Gasteiger partial charge in [0.05, 0.1) is 12.5 Å². The van der Waals surface area contributed by atoms with Crippen LogP contribution in [0.25, 0.3) is 0 Å². The summed E-state index contributed by atoms with van der Waals surface area (Å²) < 4.78 is 0. The molecule has 3 N–H and O–H groups in total. The first-order valence-corrected chi connectivity index (χ1v) is 6.26. The minimum atomic E-state index is -0.901. The SMILES string of the molecule is N[C@@H](Cc1ccccc1)C(=O)SCCC(=O)O. The van der Waals surface area contributed by atoms with Gasteiger partial charge in [-0.3, -0.25) is 9.59 Å². The Kier molecular flexibility index (Phi) is 5.72. The first kappa shape index (κ1) is 13.7. The number of carboxylic acids is 1. The molecule has 0 aliphatic carbocycles. The largest absolute Gasteiger partial charge is 0.481 e. The smallest absolute Gasteiger partial charge is 0.304 e. The molecule has 0 heterocycles. The van der Waals surface area contributed by atoms with Crippen molar-refractivity contribution in [1.82, 2.24) is 0 Å². The third-order valence-corrected chi connectivity index (χ3v) is 3.16. The molecule has 0 saturated heterocycles. The normalized spacial score (nSPS) is 12.1. The molecule has 0 spiro atoms. The molecule has 0 radical (unpaired) electrons. The van der Waals surface area contributed by atoms with Gasteiger partial charge in [0, 0.05) is 5.75 Å². The molecule has 1 rings (SSSR count). The van der Waals surface area contributed by atoms with Crippen molar-refractivity contribution < 1.29 is 14.7 Å². The summed E-state index contributed by atoms with van der Waals surface area (Å²) in [6.45, 7) is 0. The number of nitrogens with two attached hydrogens (primary N) is 1. The van der Waals surface area contributed by atoms with E-state index in [1.165, 1.54) is 0 Å². The third kappa shape index (κ3) is 5.51. The van der Waals surface area contributed by atoms with Gasteiger partial charge in [-0.1, -0.05) is 42.1 Å². The van der Waals surface area contributed by atoms with Crippen LogP contribution in [-0.4, -0.2) is 28.0 Å². The lowest BCUT2D eigenvalue weighted by Crippen LogP contribution is -2.30. The average Bonchev–Trinajstić information content (AvgIpc) is 2.29. The molecule has 0 aliphatic rings. The molecule has 0 amide bonds. The van der Waals surface area contributed by atoms with E-state index in [0.717, 1.165) is 17.3 Å². The summed E-state index contributed by atoms with van der Waals surface area (Å²) in [5, 5.41) is 8.29. The number of hydrogen-bond acceptors (Lipinski definition) is 4. The number of carbonyl (C=O) groups excluding carboxylic acids is 1. The molecular formula is C12H15NO3S. The van der Waals surface area contributed by atoms with Gasteiger partial charge >= 0.3 is 5.97 Å². The van der Waals surface area contributed by atoms with Crippen LogP contribution in [0.4, 0.5) is 0 Å². The van der Waals surface area contributed by atoms with Crippen molar-refractivity contribution in [3.63, 3.8) is 0 Å². The summed E-state index contributed by atoms with van der Waals surface area (Å²) in [6, 6.07) is 8.94. The van der Waals surface area contributed by atoms with Crippen LogP contribution in [0.1, 0.15) is 12.0 Å². The van der Waals surface area contributed by atoms with Crippen molar-refractivity contribution in [3.8, 4) is 0 Å². The van der Waals surface area contributed by atoms with E-state index in [9.17, 15) is 9.59 Å². The summed E-state index contributed by atoms with van der Waals surface area (Å²) >= 11 is 0.987. The van der Waals surface area contributed by atoms with E-state index in [1.54, 1.807) is 0 Å². The van der Waals surface area contributed by atoms with Crippen molar-refractivity contribution in [2.75, 3.05) is 5.75 Å². The lowest BCUT2D eigenvalue weighted by Gasteiger charge is -2.09. The number of aliphatic carboxylic acids is 1. The van der Waals surface area contributed by atoms with Crippen LogP contribution in [0.5, 0.6) is 0 Å². The average molecular weight is 253 g/mol. The first-order valence-electron chi connectivity index (χ1n) is 5.27. The zero-order chi connectivity index (χ0) is 12.7. The second kappa shape index (κ2) is 7.09. The molecule has 5 heteroatoms. The molecule has 1 aromatic carbocycles. The quantitative estimate of drug-likeness (QED) is 0.798. The van der Waals surface area contributed by atoms with Crippen molar-refractivity contribution in [2.24, 2.45) is 5.73 Å². The fourth-order valence-electron chi connectivity index (χ4n) is 1.30. The van der Waals surface area contributed by atoms with E-state index in [2.05, 4.69) is 0 Å². The summed E-state index contributed by atoms with van der Waals surface area (Å²) in [5.41, 5.74) is 6.75. The molecular weight excluding hydrogens is 238 g/mol. The van der Waals surface area contributed by atoms with Gasteiger partial charge in [-0.2, -0.15) is 0 Å². The highest BCUT2D eigenvalue weighted by Gasteiger charge is 2.14. The van der Waals surface area contributed by atoms with Crippen LogP contribution in [-0.2, 0) is 16.0 Å². The minimum absolute atomic E-state index is 0.0194. The second-order valence-electron chi connectivity index (χ2n) is 3.61. The number of benzene rings is 1. The molecule has 1 aromatic rings. The van der Waals surface area contributed by atoms with Crippen molar-refractivity contribution in [1.29, 1.82) is 0 Å². The van der Waals surface area contributed by atoms with Crippen molar-refractivity contribution >= 4 is 22.8 Å². The maximum Gasteiger partial charge on any atom is 0.304 e. The maximum atomic E-state index is 11.6. The molecule has 17 heavy (non-hydrogen) atoms. The van der Waals surface area contributed by atoms with Gasteiger partial charge in [0.15, 0.2) is 0 Å². The molecule has 92 valence electrons. The molecule has 0 bridgehead atoms. The molecule has 0 unspecified atom stereocenters. The van der Waals surface area contributed by atoms with Gasteiger partial charge in [0.2, 0.25) is 5.12 Å². The van der Waals surface area contributed by atoms with E-state index in [0.29, 0.717) is 6.42 Å².